The molecular formula is C12H11N5O2S. The summed E-state index contributed by atoms with van der Waals surface area (Å²) in [5, 5.41) is 15.9. The number of hydrogen-bond donors (Lipinski definition) is 1. The van der Waals surface area contributed by atoms with Gasteiger partial charge in [-0.1, -0.05) is 17.4 Å². The van der Waals surface area contributed by atoms with Crippen LogP contribution in [0.1, 0.15) is 5.69 Å². The average Bonchev–Trinajstić information content (AvgIpc) is 2.99. The Labute approximate surface area is 118 Å². The summed E-state index contributed by atoms with van der Waals surface area (Å²) in [7, 11) is 0. The van der Waals surface area contributed by atoms with Crippen LogP contribution >= 0.6 is 11.3 Å². The van der Waals surface area contributed by atoms with Crippen molar-refractivity contribution >= 4 is 27.9 Å². The lowest BCUT2D eigenvalue weighted by molar-refractivity contribution is -0.389. The zero-order valence-electron chi connectivity index (χ0n) is 10.4. The maximum absolute atomic E-state index is 11.1. The van der Waals surface area contributed by atoms with Gasteiger partial charge in [-0.3, -0.25) is 4.98 Å². The van der Waals surface area contributed by atoms with Crippen LogP contribution in [0, 0.1) is 10.1 Å². The maximum Gasteiger partial charge on any atom is 0.372 e. The lowest BCUT2D eigenvalue weighted by Crippen LogP contribution is -2.08. The third-order valence-corrected chi connectivity index (χ3v) is 3.57. The summed E-state index contributed by atoms with van der Waals surface area (Å²) in [6.45, 7) is 0.544. The van der Waals surface area contributed by atoms with E-state index in [9.17, 15) is 10.1 Å². The molecular weight excluding hydrogens is 278 g/mol. The summed E-state index contributed by atoms with van der Waals surface area (Å²) in [4.78, 5) is 19.7. The van der Waals surface area contributed by atoms with Gasteiger partial charge >= 0.3 is 5.82 Å². The predicted molar refractivity (Wildman–Crippen MR) is 76.2 cm³/mol. The minimum Gasteiger partial charge on any atom is -0.363 e. The van der Waals surface area contributed by atoms with Gasteiger partial charge in [0.1, 0.15) is 6.20 Å². The Hall–Kier alpha value is -2.48. The Morgan fingerprint density at radius 3 is 3.10 bits per heavy atom. The molecule has 0 bridgehead atoms. The first-order chi connectivity index (χ1) is 9.75. The van der Waals surface area contributed by atoms with Crippen molar-refractivity contribution in [1.29, 1.82) is 0 Å². The van der Waals surface area contributed by atoms with Crippen LogP contribution in [-0.4, -0.2) is 25.8 Å². The van der Waals surface area contributed by atoms with E-state index in [1.165, 1.54) is 15.7 Å². The van der Waals surface area contributed by atoms with Crippen LogP contribution in [0.5, 0.6) is 0 Å². The summed E-state index contributed by atoms with van der Waals surface area (Å²) >= 11 is 1.36. The van der Waals surface area contributed by atoms with Crippen molar-refractivity contribution in [2.24, 2.45) is 0 Å². The Morgan fingerprint density at radius 1 is 1.45 bits per heavy atom. The quantitative estimate of drug-likeness (QED) is 0.575. The molecule has 0 saturated carbocycles. The topological polar surface area (TPSA) is 85.4 Å². The molecule has 0 atom stereocenters. The number of pyridine rings is 1. The number of aromatic nitrogens is 3. The highest BCUT2D eigenvalue weighted by molar-refractivity contribution is 7.15. The van der Waals surface area contributed by atoms with E-state index in [4.69, 9.17) is 0 Å². The molecule has 0 aromatic carbocycles. The number of thiazole rings is 1. The van der Waals surface area contributed by atoms with Crippen molar-refractivity contribution in [3.63, 3.8) is 0 Å². The lowest BCUT2D eigenvalue weighted by atomic mass is 10.3. The van der Waals surface area contributed by atoms with E-state index >= 15 is 0 Å². The SMILES string of the molecule is O=[N+]([O-])c1c(NCCc2ccccn2)nc2sccn12. The zero-order valence-corrected chi connectivity index (χ0v) is 11.2. The molecule has 8 heteroatoms. The smallest absolute Gasteiger partial charge is 0.363 e. The molecule has 7 nitrogen and oxygen atoms in total. The highest BCUT2D eigenvalue weighted by Gasteiger charge is 2.22. The molecule has 0 aliphatic carbocycles. The molecule has 20 heavy (non-hydrogen) atoms. The standard InChI is InChI=1S/C12H11N5O2S/c18-17(19)11-10(15-12-16(11)7-8-20-12)14-6-4-9-3-1-2-5-13-9/h1-3,5,7-8,14H,4,6H2. The number of nitro groups is 1. The molecule has 1 N–H and O–H groups in total. The number of anilines is 1. The molecule has 3 rings (SSSR count). The van der Waals surface area contributed by atoms with Crippen molar-refractivity contribution in [1.82, 2.24) is 14.4 Å². The summed E-state index contributed by atoms with van der Waals surface area (Å²) in [5.41, 5.74) is 0.934. The minimum absolute atomic E-state index is 0.0257. The first-order valence-corrected chi connectivity index (χ1v) is 6.87. The van der Waals surface area contributed by atoms with Crippen LogP contribution in [0.4, 0.5) is 11.6 Å². The van der Waals surface area contributed by atoms with E-state index in [2.05, 4.69) is 15.3 Å². The van der Waals surface area contributed by atoms with E-state index in [0.717, 1.165) is 5.69 Å². The number of fused-ring (bicyclic) bond motifs is 1. The van der Waals surface area contributed by atoms with Crippen LogP contribution in [0.2, 0.25) is 0 Å². The molecule has 0 spiro atoms. The molecule has 0 unspecified atom stereocenters. The molecule has 0 aliphatic heterocycles. The van der Waals surface area contributed by atoms with E-state index < -0.39 is 4.92 Å². The maximum atomic E-state index is 11.1. The summed E-state index contributed by atoms with van der Waals surface area (Å²) in [6.07, 6.45) is 4.06. The van der Waals surface area contributed by atoms with Gasteiger partial charge in [0.15, 0.2) is 0 Å². The van der Waals surface area contributed by atoms with Gasteiger partial charge in [-0.15, -0.1) is 0 Å². The average molecular weight is 289 g/mol. The van der Waals surface area contributed by atoms with Crippen molar-refractivity contribution in [3.8, 4) is 0 Å². The monoisotopic (exact) mass is 289 g/mol. The van der Waals surface area contributed by atoms with Crippen LogP contribution in [0.25, 0.3) is 4.96 Å². The second-order valence-electron chi connectivity index (χ2n) is 4.09. The van der Waals surface area contributed by atoms with Gasteiger partial charge in [0.05, 0.1) is 0 Å². The summed E-state index contributed by atoms with van der Waals surface area (Å²) in [6, 6.07) is 5.69. The highest BCUT2D eigenvalue weighted by Crippen LogP contribution is 2.27. The molecule has 0 radical (unpaired) electrons. The number of nitrogens with zero attached hydrogens (tertiary/aromatic N) is 4. The van der Waals surface area contributed by atoms with Crippen molar-refractivity contribution in [2.45, 2.75) is 6.42 Å². The summed E-state index contributed by atoms with van der Waals surface area (Å²) < 4.78 is 1.48. The fraction of sp³-hybridized carbons (Fsp3) is 0.167. The van der Waals surface area contributed by atoms with Crippen LogP contribution in [-0.2, 0) is 6.42 Å². The van der Waals surface area contributed by atoms with E-state index in [-0.39, 0.29) is 5.82 Å². The molecule has 0 amide bonds. The Balaban J connectivity index is 1.75. The second kappa shape index (κ2) is 5.25. The van der Waals surface area contributed by atoms with E-state index in [1.54, 1.807) is 17.8 Å². The second-order valence-corrected chi connectivity index (χ2v) is 4.97. The molecule has 3 aromatic rings. The van der Waals surface area contributed by atoms with Gasteiger partial charge in [-0.25, -0.2) is 0 Å². The fourth-order valence-electron chi connectivity index (χ4n) is 1.92. The van der Waals surface area contributed by atoms with Crippen molar-refractivity contribution < 1.29 is 4.92 Å². The molecule has 0 fully saturated rings. The molecule has 0 aliphatic rings. The van der Waals surface area contributed by atoms with Gasteiger partial charge in [0.25, 0.3) is 4.96 Å². The van der Waals surface area contributed by atoms with Gasteiger partial charge in [0, 0.05) is 30.2 Å². The van der Waals surface area contributed by atoms with Gasteiger partial charge in [-0.2, -0.15) is 9.38 Å². The molecule has 102 valence electrons. The highest BCUT2D eigenvalue weighted by atomic mass is 32.1. The number of rotatable bonds is 5. The number of nitrogens with one attached hydrogen (secondary N) is 1. The third kappa shape index (κ3) is 2.32. The van der Waals surface area contributed by atoms with Crippen LogP contribution in [0.15, 0.2) is 36.0 Å². The van der Waals surface area contributed by atoms with Crippen LogP contribution < -0.4 is 5.32 Å². The first kappa shape index (κ1) is 12.5. The third-order valence-electron chi connectivity index (χ3n) is 2.81. The molecule has 3 heterocycles. The van der Waals surface area contributed by atoms with E-state index in [1.807, 2.05) is 18.2 Å². The van der Waals surface area contributed by atoms with Crippen LogP contribution in [0.3, 0.4) is 0 Å². The number of hydrogen-bond acceptors (Lipinski definition) is 6. The van der Waals surface area contributed by atoms with Gasteiger partial charge in [-0.05, 0) is 17.1 Å². The Kier molecular flexibility index (Phi) is 3.30. The lowest BCUT2D eigenvalue weighted by Gasteiger charge is -2.03. The van der Waals surface area contributed by atoms with E-state index in [0.29, 0.717) is 23.7 Å². The fourth-order valence-corrected chi connectivity index (χ4v) is 2.63. The normalized spacial score (nSPS) is 10.8. The van der Waals surface area contributed by atoms with Gasteiger partial charge in [0.2, 0.25) is 5.82 Å². The molecule has 0 saturated heterocycles. The predicted octanol–water partition coefficient (Wildman–Crippen LogP) is 2.35. The van der Waals surface area contributed by atoms with Crippen molar-refractivity contribution in [2.75, 3.05) is 11.9 Å². The Bertz CT molecular complexity index is 737. The first-order valence-electron chi connectivity index (χ1n) is 5.99. The zero-order chi connectivity index (χ0) is 13.9. The van der Waals surface area contributed by atoms with Gasteiger partial charge < -0.3 is 15.4 Å². The molecule has 3 aromatic heterocycles. The largest absolute Gasteiger partial charge is 0.372 e. The summed E-state index contributed by atoms with van der Waals surface area (Å²) in [5.74, 6) is 0.278. The number of imidazole rings is 1. The minimum atomic E-state index is -0.421. The van der Waals surface area contributed by atoms with Crippen molar-refractivity contribution in [3.05, 3.63) is 51.8 Å². The Morgan fingerprint density at radius 2 is 2.35 bits per heavy atom.